The van der Waals surface area contributed by atoms with E-state index in [1.807, 2.05) is 12.1 Å². The summed E-state index contributed by atoms with van der Waals surface area (Å²) in [4.78, 5) is 10.9. The minimum atomic E-state index is -0.852. The Hall–Kier alpha value is -1.06. The molecule has 1 rings (SSSR count). The standard InChI is InChI=1S/C12H17NO2.ClH/c1-9(2)13-8-7-10-5-3-4-6-11(10)12(14)15;/h3-6,9,13H,7-8H2,1-2H3,(H,14,15);1H. The fraction of sp³-hybridized carbons (Fsp3) is 0.417. The van der Waals surface area contributed by atoms with E-state index < -0.39 is 5.97 Å². The molecule has 1 aromatic rings. The number of nitrogens with one attached hydrogen (secondary N) is 1. The largest absolute Gasteiger partial charge is 0.478 e. The van der Waals surface area contributed by atoms with Gasteiger partial charge in [0.15, 0.2) is 0 Å². The minimum Gasteiger partial charge on any atom is -0.478 e. The smallest absolute Gasteiger partial charge is 0.335 e. The summed E-state index contributed by atoms with van der Waals surface area (Å²) in [5.41, 5.74) is 1.29. The average Bonchev–Trinajstić information content (AvgIpc) is 2.17. The van der Waals surface area contributed by atoms with Crippen LogP contribution in [0.5, 0.6) is 0 Å². The maximum atomic E-state index is 10.9. The zero-order valence-corrected chi connectivity index (χ0v) is 10.4. The summed E-state index contributed by atoms with van der Waals surface area (Å²) in [6.07, 6.45) is 0.751. The fourth-order valence-corrected chi connectivity index (χ4v) is 1.44. The quantitative estimate of drug-likeness (QED) is 0.835. The maximum Gasteiger partial charge on any atom is 0.335 e. The number of carbonyl (C=O) groups is 1. The molecular weight excluding hydrogens is 226 g/mol. The summed E-state index contributed by atoms with van der Waals surface area (Å²) >= 11 is 0. The van der Waals surface area contributed by atoms with E-state index in [0.29, 0.717) is 11.6 Å². The third kappa shape index (κ3) is 4.64. The zero-order chi connectivity index (χ0) is 11.3. The van der Waals surface area contributed by atoms with Gasteiger partial charge in [-0.3, -0.25) is 0 Å². The van der Waals surface area contributed by atoms with E-state index in [1.165, 1.54) is 0 Å². The van der Waals surface area contributed by atoms with Gasteiger partial charge in [-0.15, -0.1) is 12.4 Å². The van der Waals surface area contributed by atoms with Crippen LogP contribution in [0.1, 0.15) is 29.8 Å². The van der Waals surface area contributed by atoms with Crippen LogP contribution in [0.4, 0.5) is 0 Å². The molecule has 0 amide bonds. The summed E-state index contributed by atoms with van der Waals surface area (Å²) in [6.45, 7) is 4.95. The summed E-state index contributed by atoms with van der Waals surface area (Å²) < 4.78 is 0. The number of hydrogen-bond acceptors (Lipinski definition) is 2. The highest BCUT2D eigenvalue weighted by atomic mass is 35.5. The van der Waals surface area contributed by atoms with Gasteiger partial charge in [0.25, 0.3) is 0 Å². The molecule has 0 aromatic heterocycles. The molecule has 16 heavy (non-hydrogen) atoms. The Morgan fingerprint density at radius 2 is 2.00 bits per heavy atom. The molecule has 0 heterocycles. The van der Waals surface area contributed by atoms with Crippen molar-refractivity contribution in [3.05, 3.63) is 35.4 Å². The van der Waals surface area contributed by atoms with Crippen LogP contribution in [-0.2, 0) is 6.42 Å². The number of hydrogen-bond donors (Lipinski definition) is 2. The van der Waals surface area contributed by atoms with Crippen molar-refractivity contribution in [1.82, 2.24) is 5.32 Å². The molecule has 0 bridgehead atoms. The highest BCUT2D eigenvalue weighted by Crippen LogP contribution is 2.08. The second-order valence-electron chi connectivity index (χ2n) is 3.82. The van der Waals surface area contributed by atoms with Crippen molar-refractivity contribution in [3.63, 3.8) is 0 Å². The van der Waals surface area contributed by atoms with Crippen LogP contribution in [-0.4, -0.2) is 23.7 Å². The Morgan fingerprint density at radius 3 is 2.56 bits per heavy atom. The molecule has 0 aliphatic carbocycles. The van der Waals surface area contributed by atoms with Gasteiger partial charge in [-0.25, -0.2) is 4.79 Å². The van der Waals surface area contributed by atoms with E-state index in [-0.39, 0.29) is 12.4 Å². The molecule has 2 N–H and O–H groups in total. The summed E-state index contributed by atoms with van der Waals surface area (Å²) in [5, 5.41) is 12.2. The first-order chi connectivity index (χ1) is 7.11. The van der Waals surface area contributed by atoms with Crippen LogP contribution in [0, 0.1) is 0 Å². The molecule has 0 saturated carbocycles. The molecule has 0 aliphatic rings. The molecule has 0 aliphatic heterocycles. The number of rotatable bonds is 5. The van der Waals surface area contributed by atoms with Gasteiger partial charge in [-0.1, -0.05) is 32.0 Å². The second kappa shape index (κ2) is 7.25. The van der Waals surface area contributed by atoms with Crippen LogP contribution in [0.3, 0.4) is 0 Å². The lowest BCUT2D eigenvalue weighted by Gasteiger charge is -2.09. The first-order valence-electron chi connectivity index (χ1n) is 5.16. The van der Waals surface area contributed by atoms with Gasteiger partial charge in [0.1, 0.15) is 0 Å². The first-order valence-corrected chi connectivity index (χ1v) is 5.16. The van der Waals surface area contributed by atoms with E-state index in [9.17, 15) is 4.79 Å². The minimum absolute atomic E-state index is 0. The van der Waals surface area contributed by atoms with Crippen LogP contribution >= 0.6 is 12.4 Å². The normalized spacial score (nSPS) is 9.94. The van der Waals surface area contributed by atoms with Crippen LogP contribution in [0.2, 0.25) is 0 Å². The summed E-state index contributed by atoms with van der Waals surface area (Å²) in [6, 6.07) is 7.57. The predicted molar refractivity (Wildman–Crippen MR) is 67.5 cm³/mol. The van der Waals surface area contributed by atoms with E-state index in [0.717, 1.165) is 18.5 Å². The lowest BCUT2D eigenvalue weighted by molar-refractivity contribution is 0.0695. The van der Waals surface area contributed by atoms with Crippen LogP contribution in [0.15, 0.2) is 24.3 Å². The average molecular weight is 244 g/mol. The zero-order valence-electron chi connectivity index (χ0n) is 9.56. The van der Waals surface area contributed by atoms with Gasteiger partial charge >= 0.3 is 5.97 Å². The van der Waals surface area contributed by atoms with Gasteiger partial charge in [0, 0.05) is 6.04 Å². The Labute approximate surface area is 102 Å². The van der Waals surface area contributed by atoms with Gasteiger partial charge in [-0.2, -0.15) is 0 Å². The maximum absolute atomic E-state index is 10.9. The third-order valence-corrected chi connectivity index (χ3v) is 2.19. The Balaban J connectivity index is 0.00000225. The summed E-state index contributed by atoms with van der Waals surface area (Å²) in [7, 11) is 0. The number of aromatic carboxylic acids is 1. The van der Waals surface area contributed by atoms with Crippen molar-refractivity contribution in [2.45, 2.75) is 26.3 Å². The molecule has 0 saturated heterocycles. The predicted octanol–water partition coefficient (Wildman–Crippen LogP) is 2.35. The Bertz CT molecular complexity index is 340. The van der Waals surface area contributed by atoms with Crippen molar-refractivity contribution in [2.75, 3.05) is 6.54 Å². The Kier molecular flexibility index (Phi) is 6.77. The molecule has 4 heteroatoms. The molecule has 1 aromatic carbocycles. The topological polar surface area (TPSA) is 49.3 Å². The van der Waals surface area contributed by atoms with E-state index >= 15 is 0 Å². The second-order valence-corrected chi connectivity index (χ2v) is 3.82. The Morgan fingerprint density at radius 1 is 1.38 bits per heavy atom. The van der Waals surface area contributed by atoms with Crippen molar-refractivity contribution >= 4 is 18.4 Å². The summed E-state index contributed by atoms with van der Waals surface area (Å²) in [5.74, 6) is -0.852. The van der Waals surface area contributed by atoms with Gasteiger partial charge < -0.3 is 10.4 Å². The van der Waals surface area contributed by atoms with Crippen molar-refractivity contribution < 1.29 is 9.90 Å². The molecule has 0 atom stereocenters. The lowest BCUT2D eigenvalue weighted by atomic mass is 10.0. The van der Waals surface area contributed by atoms with Crippen molar-refractivity contribution in [2.24, 2.45) is 0 Å². The monoisotopic (exact) mass is 243 g/mol. The SMILES string of the molecule is CC(C)NCCc1ccccc1C(=O)O.Cl. The van der Waals surface area contributed by atoms with Crippen LogP contribution in [0.25, 0.3) is 0 Å². The van der Waals surface area contributed by atoms with Gasteiger partial charge in [0.05, 0.1) is 5.56 Å². The number of benzene rings is 1. The van der Waals surface area contributed by atoms with Crippen LogP contribution < -0.4 is 5.32 Å². The molecule has 0 unspecified atom stereocenters. The number of carboxylic acid groups (broad SMARTS) is 1. The van der Waals surface area contributed by atoms with Crippen molar-refractivity contribution in [3.8, 4) is 0 Å². The molecule has 0 spiro atoms. The van der Waals surface area contributed by atoms with Crippen molar-refractivity contribution in [1.29, 1.82) is 0 Å². The number of halogens is 1. The number of carboxylic acids is 1. The third-order valence-electron chi connectivity index (χ3n) is 2.19. The fourth-order valence-electron chi connectivity index (χ4n) is 1.44. The molecule has 0 fully saturated rings. The molecule has 3 nitrogen and oxygen atoms in total. The van der Waals surface area contributed by atoms with E-state index in [4.69, 9.17) is 5.11 Å². The van der Waals surface area contributed by atoms with Gasteiger partial charge in [-0.05, 0) is 24.6 Å². The van der Waals surface area contributed by atoms with E-state index in [2.05, 4.69) is 19.2 Å². The molecule has 90 valence electrons. The molecule has 0 radical (unpaired) electrons. The first kappa shape index (κ1) is 14.9. The van der Waals surface area contributed by atoms with Gasteiger partial charge in [0.2, 0.25) is 0 Å². The lowest BCUT2D eigenvalue weighted by Crippen LogP contribution is -2.25. The molecular formula is C12H18ClNO2. The highest BCUT2D eigenvalue weighted by Gasteiger charge is 2.07. The highest BCUT2D eigenvalue weighted by molar-refractivity contribution is 5.89. The van der Waals surface area contributed by atoms with E-state index in [1.54, 1.807) is 12.1 Å².